The molecule has 0 saturated heterocycles. The van der Waals surface area contributed by atoms with Crippen LogP contribution in [-0.2, 0) is 0 Å². The number of benzene rings is 12. The third kappa shape index (κ3) is 7.97. The predicted molar refractivity (Wildman–Crippen MR) is 321 cm³/mol. The number of anilines is 6. The van der Waals surface area contributed by atoms with E-state index in [-0.39, 0.29) is 0 Å². The summed E-state index contributed by atoms with van der Waals surface area (Å²) in [6.45, 7) is 0. The molecule has 76 heavy (non-hydrogen) atoms. The van der Waals surface area contributed by atoms with Crippen molar-refractivity contribution >= 4 is 77.7 Å². The van der Waals surface area contributed by atoms with Crippen LogP contribution in [0.1, 0.15) is 0 Å². The fourth-order valence-electron chi connectivity index (χ4n) is 11.3. The smallest absolute Gasteiger partial charge is 0.0547 e. The van der Waals surface area contributed by atoms with Gasteiger partial charge in [0.25, 0.3) is 0 Å². The highest BCUT2D eigenvalue weighted by molar-refractivity contribution is 6.12. The summed E-state index contributed by atoms with van der Waals surface area (Å²) in [6.07, 6.45) is 0. The molecule has 0 aliphatic heterocycles. The number of hydrogen-bond donors (Lipinski definition) is 0. The van der Waals surface area contributed by atoms with Crippen molar-refractivity contribution in [3.63, 3.8) is 0 Å². The molecule has 0 spiro atoms. The summed E-state index contributed by atoms with van der Waals surface area (Å²) < 4.78 is 4.79. The molecule has 0 atom stereocenters. The molecule has 2 heterocycles. The van der Waals surface area contributed by atoms with Crippen molar-refractivity contribution in [3.05, 3.63) is 303 Å². The third-order valence-electron chi connectivity index (χ3n) is 14.8. The Kier molecular flexibility index (Phi) is 11.2. The van der Waals surface area contributed by atoms with Crippen molar-refractivity contribution in [3.8, 4) is 44.8 Å². The number of fused-ring (bicyclic) bond motifs is 6. The summed E-state index contributed by atoms with van der Waals surface area (Å²) in [7, 11) is 0. The van der Waals surface area contributed by atoms with Gasteiger partial charge in [-0.1, -0.05) is 158 Å². The second-order valence-electron chi connectivity index (χ2n) is 19.4. The lowest BCUT2D eigenvalue weighted by atomic mass is 9.92. The van der Waals surface area contributed by atoms with Crippen molar-refractivity contribution in [2.45, 2.75) is 0 Å². The molecule has 0 aliphatic rings. The van der Waals surface area contributed by atoms with Gasteiger partial charge in [-0.2, -0.15) is 0 Å². The molecule has 4 nitrogen and oxygen atoms in total. The standard InChI is InChI=1S/C72H50N4/c1-6-22-57(23-7-1)73(58-24-8-2-9-25-58)62-39-41-63(42-40-62)74(59-26-10-3-11-27-59)64-32-20-21-51(48-64)54-45-55(52-38-44-71-68(49-52)66-34-17-19-36-70(66)75(71)60-28-12-4-13-29-60)47-56(46-54)53-37-43-67-65-33-16-18-35-69(65)76(72(67)50-53)61-30-14-5-15-31-61/h1-50H. The Balaban J connectivity index is 0.932. The van der Waals surface area contributed by atoms with Crippen LogP contribution in [0.15, 0.2) is 303 Å². The maximum atomic E-state index is 2.41. The molecule has 2 aromatic heterocycles. The van der Waals surface area contributed by atoms with Gasteiger partial charge in [0.15, 0.2) is 0 Å². The molecule has 0 aliphatic carbocycles. The molecular formula is C72H50N4. The molecule has 0 saturated carbocycles. The number of rotatable bonds is 11. The lowest BCUT2D eigenvalue weighted by Crippen LogP contribution is -2.12. The second kappa shape index (κ2) is 19.0. The third-order valence-corrected chi connectivity index (χ3v) is 14.8. The highest BCUT2D eigenvalue weighted by atomic mass is 15.2. The first-order valence-corrected chi connectivity index (χ1v) is 26.0. The number of aromatic nitrogens is 2. The largest absolute Gasteiger partial charge is 0.311 e. The normalized spacial score (nSPS) is 11.4. The molecule has 14 rings (SSSR count). The van der Waals surface area contributed by atoms with Gasteiger partial charge in [-0.05, 0) is 179 Å². The Morgan fingerprint density at radius 2 is 0.539 bits per heavy atom. The van der Waals surface area contributed by atoms with E-state index in [2.05, 4.69) is 322 Å². The Hall–Kier alpha value is -10.2. The molecule has 0 amide bonds. The van der Waals surface area contributed by atoms with E-state index in [1.165, 1.54) is 43.6 Å². The summed E-state index contributed by atoms with van der Waals surface area (Å²) >= 11 is 0. The lowest BCUT2D eigenvalue weighted by Gasteiger charge is -2.28. The van der Waals surface area contributed by atoms with Gasteiger partial charge < -0.3 is 18.9 Å². The Labute approximate surface area is 442 Å². The summed E-state index contributed by atoms with van der Waals surface area (Å²) in [5.41, 5.74) is 20.4. The van der Waals surface area contributed by atoms with Crippen molar-refractivity contribution < 1.29 is 0 Å². The van der Waals surface area contributed by atoms with Crippen LogP contribution in [0.3, 0.4) is 0 Å². The molecule has 0 radical (unpaired) electrons. The van der Waals surface area contributed by atoms with Crippen LogP contribution in [0.4, 0.5) is 34.1 Å². The van der Waals surface area contributed by atoms with E-state index in [1.807, 2.05) is 0 Å². The monoisotopic (exact) mass is 970 g/mol. The maximum absolute atomic E-state index is 2.41. The molecule has 14 aromatic rings. The van der Waals surface area contributed by atoms with Gasteiger partial charge in [-0.25, -0.2) is 0 Å². The van der Waals surface area contributed by atoms with Gasteiger partial charge in [0.2, 0.25) is 0 Å². The zero-order chi connectivity index (χ0) is 50.4. The Bertz CT molecular complexity index is 4330. The van der Waals surface area contributed by atoms with Gasteiger partial charge in [0, 0.05) is 67.0 Å². The number of hydrogen-bond acceptors (Lipinski definition) is 2. The van der Waals surface area contributed by atoms with Crippen molar-refractivity contribution in [2.24, 2.45) is 0 Å². The lowest BCUT2D eigenvalue weighted by molar-refractivity contribution is 1.18. The minimum atomic E-state index is 1.06. The minimum absolute atomic E-state index is 1.06. The zero-order valence-corrected chi connectivity index (χ0v) is 41.7. The molecule has 4 heteroatoms. The van der Waals surface area contributed by atoms with E-state index >= 15 is 0 Å². The molecule has 0 bridgehead atoms. The van der Waals surface area contributed by atoms with Gasteiger partial charge in [-0.3, -0.25) is 0 Å². The first kappa shape index (κ1) is 44.5. The van der Waals surface area contributed by atoms with Gasteiger partial charge in [0.05, 0.1) is 22.1 Å². The quantitative estimate of drug-likeness (QED) is 0.128. The fourth-order valence-corrected chi connectivity index (χ4v) is 11.3. The van der Waals surface area contributed by atoms with Crippen molar-refractivity contribution in [1.82, 2.24) is 9.13 Å². The highest BCUT2D eigenvalue weighted by Crippen LogP contribution is 2.43. The first-order chi connectivity index (χ1) is 37.7. The van der Waals surface area contributed by atoms with E-state index in [0.29, 0.717) is 0 Å². The highest BCUT2D eigenvalue weighted by Gasteiger charge is 2.20. The van der Waals surface area contributed by atoms with Gasteiger partial charge in [0.1, 0.15) is 0 Å². The average Bonchev–Trinajstić information content (AvgIpc) is 4.08. The molecule has 12 aromatic carbocycles. The van der Waals surface area contributed by atoms with E-state index in [0.717, 1.165) is 78.9 Å². The van der Waals surface area contributed by atoms with Crippen LogP contribution >= 0.6 is 0 Å². The molecule has 0 fully saturated rings. The van der Waals surface area contributed by atoms with Crippen LogP contribution in [-0.4, -0.2) is 9.13 Å². The van der Waals surface area contributed by atoms with Crippen LogP contribution in [0.25, 0.3) is 88.4 Å². The van der Waals surface area contributed by atoms with Crippen LogP contribution in [0.5, 0.6) is 0 Å². The molecule has 0 N–H and O–H groups in total. The fraction of sp³-hybridized carbons (Fsp3) is 0. The van der Waals surface area contributed by atoms with Crippen LogP contribution in [0, 0.1) is 0 Å². The Morgan fingerprint density at radius 3 is 1.07 bits per heavy atom. The van der Waals surface area contributed by atoms with E-state index < -0.39 is 0 Å². The average molecular weight is 971 g/mol. The zero-order valence-electron chi connectivity index (χ0n) is 41.7. The number of para-hydroxylation sites is 7. The van der Waals surface area contributed by atoms with Crippen molar-refractivity contribution in [2.75, 3.05) is 9.80 Å². The molecule has 0 unspecified atom stereocenters. The van der Waals surface area contributed by atoms with E-state index in [9.17, 15) is 0 Å². The summed E-state index contributed by atoms with van der Waals surface area (Å²) in [6, 6.07) is 110. The maximum Gasteiger partial charge on any atom is 0.0547 e. The van der Waals surface area contributed by atoms with Gasteiger partial charge >= 0.3 is 0 Å². The van der Waals surface area contributed by atoms with E-state index in [1.54, 1.807) is 0 Å². The van der Waals surface area contributed by atoms with Crippen molar-refractivity contribution in [1.29, 1.82) is 0 Å². The predicted octanol–water partition coefficient (Wildman–Crippen LogP) is 19.8. The molecule has 358 valence electrons. The topological polar surface area (TPSA) is 16.3 Å². The van der Waals surface area contributed by atoms with Gasteiger partial charge in [-0.15, -0.1) is 0 Å². The Morgan fingerprint density at radius 1 is 0.184 bits per heavy atom. The van der Waals surface area contributed by atoms with Crippen LogP contribution < -0.4 is 9.80 Å². The second-order valence-corrected chi connectivity index (χ2v) is 19.4. The summed E-state index contributed by atoms with van der Waals surface area (Å²) in [4.78, 5) is 4.67. The molecular weight excluding hydrogens is 921 g/mol. The summed E-state index contributed by atoms with van der Waals surface area (Å²) in [5.74, 6) is 0. The van der Waals surface area contributed by atoms with Crippen LogP contribution in [0.2, 0.25) is 0 Å². The minimum Gasteiger partial charge on any atom is -0.311 e. The number of nitrogens with zero attached hydrogens (tertiary/aromatic N) is 4. The van der Waals surface area contributed by atoms with E-state index in [4.69, 9.17) is 0 Å². The first-order valence-electron chi connectivity index (χ1n) is 26.0. The summed E-state index contributed by atoms with van der Waals surface area (Å²) in [5, 5.41) is 4.92. The SMILES string of the molecule is c1ccc(N(c2ccccc2)c2ccc(N(c3ccccc3)c3cccc(-c4cc(-c5ccc6c(c5)c5ccccc5n6-c5ccccc5)cc(-c5ccc6c7ccccc7n(-c7ccccc7)c6c5)c4)c3)cc2)cc1.